The minimum Gasteiger partial charge on any atom is -0.481 e. The van der Waals surface area contributed by atoms with Gasteiger partial charge in [0.05, 0.1) is 11.9 Å². The first kappa shape index (κ1) is 12.9. The molecule has 1 aromatic heterocycles. The largest absolute Gasteiger partial charge is 0.481 e. The number of aliphatic carboxylic acids is 1. The zero-order valence-electron chi connectivity index (χ0n) is 10.1. The Morgan fingerprint density at radius 2 is 2.21 bits per heavy atom. The Labute approximate surface area is 107 Å². The van der Waals surface area contributed by atoms with Crippen LogP contribution in [0, 0.1) is 5.92 Å². The summed E-state index contributed by atoms with van der Waals surface area (Å²) in [5.74, 6) is -2.65. The first-order valence-electron chi connectivity index (χ1n) is 5.61. The molecule has 2 aromatic rings. The average Bonchev–Trinajstić information content (AvgIpc) is 2.67. The van der Waals surface area contributed by atoms with Crippen molar-refractivity contribution in [2.24, 2.45) is 5.92 Å². The van der Waals surface area contributed by atoms with Gasteiger partial charge in [0.2, 0.25) is 5.91 Å². The van der Waals surface area contributed by atoms with Crippen LogP contribution in [0.5, 0.6) is 0 Å². The van der Waals surface area contributed by atoms with Crippen molar-refractivity contribution >= 4 is 28.7 Å². The standard InChI is InChI=1S/C12H12N2O5/c1-6(4-10(15)16)11(17)13-7-2-3-8-9(5-7)19-12(18)14-8/h2-3,5-6H,4H2,1H3,(H,13,17)(H,14,18)(H,15,16). The Morgan fingerprint density at radius 1 is 1.47 bits per heavy atom. The zero-order chi connectivity index (χ0) is 14.0. The molecule has 1 atom stereocenters. The van der Waals surface area contributed by atoms with E-state index >= 15 is 0 Å². The first-order valence-corrected chi connectivity index (χ1v) is 5.61. The van der Waals surface area contributed by atoms with E-state index in [-0.39, 0.29) is 6.42 Å². The number of aromatic nitrogens is 1. The number of rotatable bonds is 4. The highest BCUT2D eigenvalue weighted by Crippen LogP contribution is 2.17. The van der Waals surface area contributed by atoms with Crippen LogP contribution in [-0.2, 0) is 9.59 Å². The van der Waals surface area contributed by atoms with Gasteiger partial charge >= 0.3 is 11.7 Å². The highest BCUT2D eigenvalue weighted by Gasteiger charge is 2.16. The number of carbonyl (C=O) groups is 2. The SMILES string of the molecule is CC(CC(=O)O)C(=O)Nc1ccc2[nH]c(=O)oc2c1. The average molecular weight is 264 g/mol. The molecule has 1 heterocycles. The van der Waals surface area contributed by atoms with Gasteiger partial charge in [0.25, 0.3) is 0 Å². The van der Waals surface area contributed by atoms with Crippen molar-refractivity contribution in [1.82, 2.24) is 4.98 Å². The fourth-order valence-electron chi connectivity index (χ4n) is 1.64. The maximum Gasteiger partial charge on any atom is 0.417 e. The highest BCUT2D eigenvalue weighted by molar-refractivity contribution is 5.95. The molecule has 0 radical (unpaired) electrons. The van der Waals surface area contributed by atoms with Gasteiger partial charge < -0.3 is 14.8 Å². The molecule has 0 aliphatic rings. The molecule has 100 valence electrons. The summed E-state index contributed by atoms with van der Waals surface area (Å²) >= 11 is 0. The number of carboxylic acids is 1. The van der Waals surface area contributed by atoms with Crippen molar-refractivity contribution in [1.29, 1.82) is 0 Å². The normalized spacial score (nSPS) is 12.3. The molecule has 0 fully saturated rings. The monoisotopic (exact) mass is 264 g/mol. The van der Waals surface area contributed by atoms with Gasteiger partial charge in [-0.1, -0.05) is 6.92 Å². The number of anilines is 1. The van der Waals surface area contributed by atoms with Gasteiger partial charge in [-0.3, -0.25) is 14.6 Å². The number of nitrogens with one attached hydrogen (secondary N) is 2. The molecule has 1 unspecified atom stereocenters. The van der Waals surface area contributed by atoms with E-state index in [1.807, 2.05) is 0 Å². The van der Waals surface area contributed by atoms with Gasteiger partial charge in [-0.15, -0.1) is 0 Å². The molecule has 0 aliphatic carbocycles. The third-order valence-corrected chi connectivity index (χ3v) is 2.62. The van der Waals surface area contributed by atoms with Crippen LogP contribution in [0.4, 0.5) is 5.69 Å². The second-order valence-corrected chi connectivity index (χ2v) is 4.21. The highest BCUT2D eigenvalue weighted by atomic mass is 16.4. The van der Waals surface area contributed by atoms with Crippen LogP contribution in [0.2, 0.25) is 0 Å². The lowest BCUT2D eigenvalue weighted by Gasteiger charge is -2.09. The third-order valence-electron chi connectivity index (χ3n) is 2.62. The summed E-state index contributed by atoms with van der Waals surface area (Å²) in [4.78, 5) is 35.7. The number of hydrogen-bond donors (Lipinski definition) is 3. The van der Waals surface area contributed by atoms with Crippen LogP contribution >= 0.6 is 0 Å². The van der Waals surface area contributed by atoms with Gasteiger partial charge in [-0.25, -0.2) is 4.79 Å². The Morgan fingerprint density at radius 3 is 2.89 bits per heavy atom. The number of aromatic amines is 1. The molecule has 0 saturated heterocycles. The van der Waals surface area contributed by atoms with Crippen molar-refractivity contribution in [2.75, 3.05) is 5.32 Å². The molecular weight excluding hydrogens is 252 g/mol. The van der Waals surface area contributed by atoms with E-state index in [0.717, 1.165) is 0 Å². The van der Waals surface area contributed by atoms with Crippen molar-refractivity contribution in [3.05, 3.63) is 28.7 Å². The lowest BCUT2D eigenvalue weighted by atomic mass is 10.1. The van der Waals surface area contributed by atoms with E-state index in [9.17, 15) is 14.4 Å². The fourth-order valence-corrected chi connectivity index (χ4v) is 1.64. The summed E-state index contributed by atoms with van der Waals surface area (Å²) in [6.45, 7) is 1.53. The maximum atomic E-state index is 11.7. The zero-order valence-corrected chi connectivity index (χ0v) is 10.1. The molecule has 7 nitrogen and oxygen atoms in total. The van der Waals surface area contributed by atoms with E-state index in [2.05, 4.69) is 10.3 Å². The molecule has 1 aromatic carbocycles. The van der Waals surface area contributed by atoms with Gasteiger partial charge in [0, 0.05) is 17.7 Å². The number of hydrogen-bond acceptors (Lipinski definition) is 4. The summed E-state index contributed by atoms with van der Waals surface area (Å²) in [5.41, 5.74) is 1.30. The van der Waals surface area contributed by atoms with Gasteiger partial charge in [-0.2, -0.15) is 0 Å². The minimum atomic E-state index is -1.03. The Balaban J connectivity index is 2.14. The first-order chi connectivity index (χ1) is 8.95. The fraction of sp³-hybridized carbons (Fsp3) is 0.250. The van der Waals surface area contributed by atoms with Crippen molar-refractivity contribution in [3.63, 3.8) is 0 Å². The van der Waals surface area contributed by atoms with Crippen LogP contribution in [0.1, 0.15) is 13.3 Å². The molecule has 0 aliphatic heterocycles. The van der Waals surface area contributed by atoms with Gasteiger partial charge in [0.15, 0.2) is 5.58 Å². The van der Waals surface area contributed by atoms with Crippen LogP contribution in [0.15, 0.2) is 27.4 Å². The molecule has 0 bridgehead atoms. The Kier molecular flexibility index (Phi) is 3.37. The van der Waals surface area contributed by atoms with Crippen molar-refractivity contribution < 1.29 is 19.1 Å². The molecule has 0 spiro atoms. The third kappa shape index (κ3) is 3.01. The lowest BCUT2D eigenvalue weighted by Crippen LogP contribution is -2.22. The van der Waals surface area contributed by atoms with E-state index in [0.29, 0.717) is 16.8 Å². The lowest BCUT2D eigenvalue weighted by molar-refractivity contribution is -0.139. The van der Waals surface area contributed by atoms with E-state index in [4.69, 9.17) is 9.52 Å². The van der Waals surface area contributed by atoms with E-state index in [1.54, 1.807) is 12.1 Å². The van der Waals surface area contributed by atoms with Crippen LogP contribution in [0.25, 0.3) is 11.1 Å². The number of H-pyrrole nitrogens is 1. The number of fused-ring (bicyclic) bond motifs is 1. The molecule has 3 N–H and O–H groups in total. The predicted octanol–water partition coefficient (Wildman–Crippen LogP) is 1.17. The van der Waals surface area contributed by atoms with Gasteiger partial charge in [0.1, 0.15) is 0 Å². The van der Waals surface area contributed by atoms with Crippen LogP contribution < -0.4 is 11.1 Å². The smallest absolute Gasteiger partial charge is 0.417 e. The topological polar surface area (TPSA) is 112 Å². The molecule has 1 amide bonds. The molecular formula is C12H12N2O5. The minimum absolute atomic E-state index is 0.243. The molecule has 7 heteroatoms. The maximum absolute atomic E-state index is 11.7. The summed E-state index contributed by atoms with van der Waals surface area (Å²) in [7, 11) is 0. The summed E-state index contributed by atoms with van der Waals surface area (Å²) in [6.07, 6.45) is -0.243. The van der Waals surface area contributed by atoms with E-state index in [1.165, 1.54) is 13.0 Å². The second kappa shape index (κ2) is 4.97. The molecule has 19 heavy (non-hydrogen) atoms. The van der Waals surface area contributed by atoms with Crippen LogP contribution in [0.3, 0.4) is 0 Å². The summed E-state index contributed by atoms with van der Waals surface area (Å²) < 4.78 is 4.86. The Bertz CT molecular complexity index is 685. The summed E-state index contributed by atoms with van der Waals surface area (Å²) in [5, 5.41) is 11.2. The number of carbonyl (C=O) groups excluding carboxylic acids is 1. The van der Waals surface area contributed by atoms with E-state index < -0.39 is 23.6 Å². The number of oxazole rings is 1. The quantitative estimate of drug-likeness (QED) is 0.767. The second-order valence-electron chi connectivity index (χ2n) is 4.21. The number of benzene rings is 1. The molecule has 2 rings (SSSR count). The molecule has 0 saturated carbocycles. The van der Waals surface area contributed by atoms with Crippen molar-refractivity contribution in [3.8, 4) is 0 Å². The van der Waals surface area contributed by atoms with Crippen molar-refractivity contribution in [2.45, 2.75) is 13.3 Å². The Hall–Kier alpha value is -2.57. The number of carboxylic acid groups (broad SMARTS) is 1. The van der Waals surface area contributed by atoms with Crippen LogP contribution in [-0.4, -0.2) is 22.0 Å². The number of amides is 1. The predicted molar refractivity (Wildman–Crippen MR) is 66.9 cm³/mol. The summed E-state index contributed by atoms with van der Waals surface area (Å²) in [6, 6.07) is 4.69. The van der Waals surface area contributed by atoms with Gasteiger partial charge in [-0.05, 0) is 12.1 Å².